The van der Waals surface area contributed by atoms with Crippen LogP contribution < -0.4 is 20.7 Å². The molecule has 2 aromatic carbocycles. The van der Waals surface area contributed by atoms with Gasteiger partial charge in [-0.3, -0.25) is 14.9 Å². The number of hydrogen-bond acceptors (Lipinski definition) is 4. The molecule has 1 saturated heterocycles. The lowest BCUT2D eigenvalue weighted by Crippen LogP contribution is -2.36. The van der Waals surface area contributed by atoms with Crippen molar-refractivity contribution in [2.75, 3.05) is 17.7 Å². The minimum absolute atomic E-state index is 0.0673. The average Bonchev–Trinajstić information content (AvgIpc) is 3.45. The van der Waals surface area contributed by atoms with Gasteiger partial charge in [-0.1, -0.05) is 51.1 Å². The van der Waals surface area contributed by atoms with Crippen molar-refractivity contribution in [3.05, 3.63) is 65.7 Å². The molecule has 5 rings (SSSR count). The first kappa shape index (κ1) is 22.2. The monoisotopic (exact) mass is 459 g/mol. The van der Waals surface area contributed by atoms with Crippen LogP contribution in [0, 0.1) is 17.8 Å². The van der Waals surface area contributed by atoms with Crippen molar-refractivity contribution in [1.29, 1.82) is 0 Å². The van der Waals surface area contributed by atoms with Crippen LogP contribution in [0.25, 0.3) is 0 Å². The first-order valence-electron chi connectivity index (χ1n) is 11.5. The Morgan fingerprint density at radius 2 is 1.79 bits per heavy atom. The van der Waals surface area contributed by atoms with Gasteiger partial charge in [-0.25, -0.2) is 4.79 Å². The Balaban J connectivity index is 1.32. The molecule has 2 bridgehead atoms. The number of allylic oxidation sites excluding steroid dienone is 2. The predicted molar refractivity (Wildman–Crippen MR) is 130 cm³/mol. The second-order valence-electron chi connectivity index (χ2n) is 10.4. The maximum atomic E-state index is 12.7. The minimum Gasteiger partial charge on any atom is -0.495 e. The van der Waals surface area contributed by atoms with E-state index < -0.39 is 5.41 Å². The van der Waals surface area contributed by atoms with E-state index in [1.807, 2.05) is 42.5 Å². The van der Waals surface area contributed by atoms with Crippen LogP contribution >= 0.6 is 0 Å². The van der Waals surface area contributed by atoms with E-state index >= 15 is 0 Å². The molecule has 3 aliphatic rings. The fraction of sp³-hybridized carbons (Fsp3) is 0.370. The highest BCUT2D eigenvalue weighted by Gasteiger charge is 2.64. The quantitative estimate of drug-likeness (QED) is 0.468. The van der Waals surface area contributed by atoms with Crippen molar-refractivity contribution < 1.29 is 19.1 Å². The van der Waals surface area contributed by atoms with Gasteiger partial charge in [0.1, 0.15) is 5.75 Å². The van der Waals surface area contributed by atoms with E-state index in [2.05, 4.69) is 48.9 Å². The topological polar surface area (TPSA) is 96.5 Å². The minimum atomic E-state index is -0.465. The highest BCUT2D eigenvalue weighted by molar-refractivity contribution is 6.07. The molecule has 1 saturated carbocycles. The summed E-state index contributed by atoms with van der Waals surface area (Å²) < 4.78 is 5.41. The van der Waals surface area contributed by atoms with Gasteiger partial charge < -0.3 is 15.4 Å². The number of rotatable bonds is 4. The van der Waals surface area contributed by atoms with Gasteiger partial charge in [0.25, 0.3) is 0 Å². The highest BCUT2D eigenvalue weighted by Crippen LogP contribution is 2.59. The number of amides is 4. The first-order valence-corrected chi connectivity index (χ1v) is 11.5. The Labute approximate surface area is 199 Å². The number of methoxy groups -OCH3 is 1. The summed E-state index contributed by atoms with van der Waals surface area (Å²) in [5.74, 6) is -0.305. The van der Waals surface area contributed by atoms with Gasteiger partial charge in [-0.15, -0.1) is 0 Å². The Bertz CT molecular complexity index is 1210. The molecule has 176 valence electrons. The number of hydrogen-bond donors (Lipinski definition) is 3. The van der Waals surface area contributed by atoms with Crippen LogP contribution in [0.5, 0.6) is 5.75 Å². The van der Waals surface area contributed by atoms with E-state index in [4.69, 9.17) is 4.74 Å². The zero-order chi connectivity index (χ0) is 24.3. The van der Waals surface area contributed by atoms with Crippen LogP contribution in [-0.4, -0.2) is 25.0 Å². The van der Waals surface area contributed by atoms with Crippen LogP contribution in [0.4, 0.5) is 16.2 Å². The Hall–Kier alpha value is -3.61. The summed E-state index contributed by atoms with van der Waals surface area (Å²) >= 11 is 0. The lowest BCUT2D eigenvalue weighted by molar-refractivity contribution is -0.126. The molecule has 4 amide bonds. The smallest absolute Gasteiger partial charge is 0.323 e. The molecule has 7 heteroatoms. The van der Waals surface area contributed by atoms with Gasteiger partial charge in [0.2, 0.25) is 11.8 Å². The third-order valence-electron chi connectivity index (χ3n) is 7.42. The molecule has 1 aliphatic heterocycles. The van der Waals surface area contributed by atoms with Gasteiger partial charge in [0.15, 0.2) is 0 Å². The van der Waals surface area contributed by atoms with E-state index in [-0.39, 0.29) is 41.0 Å². The summed E-state index contributed by atoms with van der Waals surface area (Å²) in [5.41, 5.74) is 2.76. The van der Waals surface area contributed by atoms with E-state index in [0.717, 1.165) is 17.5 Å². The fourth-order valence-electron chi connectivity index (χ4n) is 5.71. The SMILES string of the molecule is COc1ccc(C(C)(C)C)cc1NC(=O)Nc1ccc(C23C=CC(C2)C2C(=O)NC(=O)C23)cc1. The molecule has 0 spiro atoms. The summed E-state index contributed by atoms with van der Waals surface area (Å²) in [6.45, 7) is 6.33. The Kier molecular flexibility index (Phi) is 5.04. The van der Waals surface area contributed by atoms with Crippen molar-refractivity contribution in [3.63, 3.8) is 0 Å². The van der Waals surface area contributed by atoms with Crippen LogP contribution in [0.2, 0.25) is 0 Å². The molecule has 4 unspecified atom stereocenters. The van der Waals surface area contributed by atoms with E-state index in [1.54, 1.807) is 7.11 Å². The fourth-order valence-corrected chi connectivity index (χ4v) is 5.71. The lowest BCUT2D eigenvalue weighted by Gasteiger charge is -2.30. The number of fused-ring (bicyclic) bond motifs is 5. The maximum Gasteiger partial charge on any atom is 0.323 e. The Morgan fingerprint density at radius 3 is 2.47 bits per heavy atom. The molecule has 0 aromatic heterocycles. The molecule has 0 radical (unpaired) electrons. The predicted octanol–water partition coefficient (Wildman–Crippen LogP) is 4.35. The Morgan fingerprint density at radius 1 is 1.06 bits per heavy atom. The zero-order valence-electron chi connectivity index (χ0n) is 19.8. The normalized spacial score (nSPS) is 26.9. The molecule has 2 aromatic rings. The van der Waals surface area contributed by atoms with Crippen molar-refractivity contribution >= 4 is 29.2 Å². The summed E-state index contributed by atoms with van der Waals surface area (Å²) in [7, 11) is 1.57. The summed E-state index contributed by atoms with van der Waals surface area (Å²) in [4.78, 5) is 37.5. The summed E-state index contributed by atoms with van der Waals surface area (Å²) in [6.07, 6.45) is 4.91. The molecule has 34 heavy (non-hydrogen) atoms. The van der Waals surface area contributed by atoms with Crippen molar-refractivity contribution in [3.8, 4) is 5.75 Å². The summed E-state index contributed by atoms with van der Waals surface area (Å²) in [5, 5.41) is 8.25. The molecule has 7 nitrogen and oxygen atoms in total. The van der Waals surface area contributed by atoms with Crippen LogP contribution in [-0.2, 0) is 20.4 Å². The molecule has 2 aliphatic carbocycles. The van der Waals surface area contributed by atoms with Gasteiger partial charge >= 0.3 is 6.03 Å². The third kappa shape index (κ3) is 3.47. The standard InChI is InChI=1S/C27H29N3O4/c1-26(2,3)17-7-10-20(34-4)19(13-17)29-25(33)28-18-8-5-16(6-9-18)27-12-11-15(14-27)21-22(27)24(32)30-23(21)31/h5-13,15,21-22H,14H2,1-4H3,(H2,28,29,33)(H,30,31,32). The number of carbonyl (C=O) groups excluding carboxylic acids is 3. The number of carbonyl (C=O) groups is 3. The van der Waals surface area contributed by atoms with Crippen molar-refractivity contribution in [2.24, 2.45) is 17.8 Å². The molecular formula is C27H29N3O4. The second kappa shape index (κ2) is 7.72. The maximum absolute atomic E-state index is 12.7. The van der Waals surface area contributed by atoms with Gasteiger partial charge in [0.05, 0.1) is 24.6 Å². The molecule has 1 heterocycles. The molecule has 3 N–H and O–H groups in total. The van der Waals surface area contributed by atoms with Crippen LogP contribution in [0.3, 0.4) is 0 Å². The number of ether oxygens (including phenoxy) is 1. The van der Waals surface area contributed by atoms with E-state index in [9.17, 15) is 14.4 Å². The lowest BCUT2D eigenvalue weighted by atomic mass is 9.70. The second-order valence-corrected chi connectivity index (χ2v) is 10.4. The number of anilines is 2. The van der Waals surface area contributed by atoms with Crippen LogP contribution in [0.1, 0.15) is 38.3 Å². The third-order valence-corrected chi connectivity index (χ3v) is 7.42. The molecule has 2 fully saturated rings. The highest BCUT2D eigenvalue weighted by atomic mass is 16.5. The van der Waals surface area contributed by atoms with Crippen molar-refractivity contribution in [1.82, 2.24) is 5.32 Å². The average molecular weight is 460 g/mol. The first-order chi connectivity index (χ1) is 16.1. The van der Waals surface area contributed by atoms with Gasteiger partial charge in [-0.05, 0) is 53.1 Å². The largest absolute Gasteiger partial charge is 0.495 e. The van der Waals surface area contributed by atoms with E-state index in [0.29, 0.717) is 17.1 Å². The zero-order valence-corrected chi connectivity index (χ0v) is 19.8. The van der Waals surface area contributed by atoms with Gasteiger partial charge in [-0.2, -0.15) is 0 Å². The number of nitrogens with one attached hydrogen (secondary N) is 3. The number of urea groups is 1. The van der Waals surface area contributed by atoms with Crippen LogP contribution in [0.15, 0.2) is 54.6 Å². The molecular weight excluding hydrogens is 430 g/mol. The number of imide groups is 1. The van der Waals surface area contributed by atoms with E-state index in [1.165, 1.54) is 0 Å². The summed E-state index contributed by atoms with van der Waals surface area (Å²) in [6, 6.07) is 12.9. The van der Waals surface area contributed by atoms with Gasteiger partial charge in [0, 0.05) is 11.1 Å². The van der Waals surface area contributed by atoms with Crippen molar-refractivity contribution in [2.45, 2.75) is 38.0 Å². The molecule has 4 atom stereocenters. The number of benzene rings is 2.